The lowest BCUT2D eigenvalue weighted by Gasteiger charge is -2.05. The predicted molar refractivity (Wildman–Crippen MR) is 109 cm³/mol. The first-order valence-corrected chi connectivity index (χ1v) is 9.89. The number of methoxy groups -OCH3 is 1. The molecule has 0 aliphatic heterocycles. The van der Waals surface area contributed by atoms with Crippen LogP contribution in [-0.4, -0.2) is 38.3 Å². The minimum Gasteiger partial charge on any atom is -0.467 e. The molecule has 3 rings (SSSR count). The van der Waals surface area contributed by atoms with E-state index >= 15 is 0 Å². The van der Waals surface area contributed by atoms with E-state index in [9.17, 15) is 0 Å². The second-order valence-electron chi connectivity index (χ2n) is 5.43. The highest BCUT2D eigenvalue weighted by Crippen LogP contribution is 2.28. The monoisotopic (exact) mass is 385 g/mol. The third-order valence-corrected chi connectivity index (χ3v) is 5.66. The normalized spacial score (nSPS) is 11.7. The molecule has 3 heterocycles. The van der Waals surface area contributed by atoms with Crippen molar-refractivity contribution in [2.24, 2.45) is 4.99 Å². The van der Waals surface area contributed by atoms with Crippen molar-refractivity contribution in [2.45, 2.75) is 18.7 Å². The van der Waals surface area contributed by atoms with E-state index in [1.54, 1.807) is 43.0 Å². The fourth-order valence-corrected chi connectivity index (χ4v) is 4.18. The summed E-state index contributed by atoms with van der Waals surface area (Å²) in [6.45, 7) is 7.78. The lowest BCUT2D eigenvalue weighted by atomic mass is 10.3. The van der Waals surface area contributed by atoms with E-state index in [4.69, 9.17) is 4.74 Å². The fraction of sp³-hybridized carbons (Fsp3) is 0.222. The SMILES string of the molecule is C=N/C(=C\SCSc1cnc(OC)nc1)c1c(C)nc2c(C)cccn12. The van der Waals surface area contributed by atoms with Crippen molar-refractivity contribution in [2.75, 3.05) is 12.2 Å². The highest BCUT2D eigenvalue weighted by atomic mass is 32.2. The fourth-order valence-electron chi connectivity index (χ4n) is 2.49. The third kappa shape index (κ3) is 3.91. The molecular weight excluding hydrogens is 366 g/mol. The van der Waals surface area contributed by atoms with Crippen LogP contribution in [0.3, 0.4) is 0 Å². The van der Waals surface area contributed by atoms with Crippen LogP contribution in [0.2, 0.25) is 0 Å². The molecule has 0 N–H and O–H groups in total. The highest BCUT2D eigenvalue weighted by Gasteiger charge is 2.13. The molecule has 0 unspecified atom stereocenters. The van der Waals surface area contributed by atoms with Gasteiger partial charge in [0, 0.05) is 28.6 Å². The number of rotatable bonds is 7. The molecule has 0 spiro atoms. The molecule has 0 amide bonds. The Balaban J connectivity index is 1.73. The van der Waals surface area contributed by atoms with Gasteiger partial charge in [-0.25, -0.2) is 15.0 Å². The van der Waals surface area contributed by atoms with Gasteiger partial charge >= 0.3 is 6.01 Å². The number of thioether (sulfide) groups is 2. The second-order valence-corrected chi connectivity index (χ2v) is 7.70. The predicted octanol–water partition coefficient (Wildman–Crippen LogP) is 4.23. The number of hydrogen-bond acceptors (Lipinski definition) is 7. The Kier molecular flexibility index (Phi) is 5.95. The quantitative estimate of drug-likeness (QED) is 0.262. The van der Waals surface area contributed by atoms with Gasteiger partial charge in [0.05, 0.1) is 24.2 Å². The first-order valence-electron chi connectivity index (χ1n) is 7.86. The van der Waals surface area contributed by atoms with Gasteiger partial charge in [-0.15, -0.1) is 23.5 Å². The van der Waals surface area contributed by atoms with E-state index < -0.39 is 0 Å². The number of aryl methyl sites for hydroxylation is 2. The van der Waals surface area contributed by atoms with Gasteiger partial charge < -0.3 is 4.74 Å². The molecule has 0 aliphatic rings. The lowest BCUT2D eigenvalue weighted by molar-refractivity contribution is 0.378. The molecule has 8 heteroatoms. The Hall–Kier alpha value is -2.32. The number of fused-ring (bicyclic) bond motifs is 1. The summed E-state index contributed by atoms with van der Waals surface area (Å²) in [5, 5.41) is 2.83. The lowest BCUT2D eigenvalue weighted by Crippen LogP contribution is -1.93. The number of aliphatic imine (C=N–C) groups is 1. The number of imidazole rings is 1. The van der Waals surface area contributed by atoms with Gasteiger partial charge in [0.2, 0.25) is 0 Å². The summed E-state index contributed by atoms with van der Waals surface area (Å²) in [6.07, 6.45) is 5.51. The summed E-state index contributed by atoms with van der Waals surface area (Å²) in [4.78, 5) is 18.1. The Bertz CT molecular complexity index is 950. The van der Waals surface area contributed by atoms with Gasteiger partial charge in [-0.1, -0.05) is 6.07 Å². The zero-order chi connectivity index (χ0) is 18.5. The summed E-state index contributed by atoms with van der Waals surface area (Å²) in [7, 11) is 1.55. The summed E-state index contributed by atoms with van der Waals surface area (Å²) < 4.78 is 7.03. The minimum atomic E-state index is 0.374. The maximum atomic E-state index is 4.96. The van der Waals surface area contributed by atoms with Gasteiger partial charge in [0.1, 0.15) is 5.65 Å². The van der Waals surface area contributed by atoms with E-state index in [1.807, 2.05) is 24.6 Å². The molecule has 0 fully saturated rings. The summed E-state index contributed by atoms with van der Waals surface area (Å²) >= 11 is 3.30. The zero-order valence-electron chi connectivity index (χ0n) is 14.8. The standard InChI is InChI=1S/C18H19N5OS2/c1-12-6-5-7-23-16(13(2)22-17(12)23)15(19-3)10-25-11-26-14-8-20-18(24-4)21-9-14/h5-10H,3,11H2,1-2,4H3/b15-10-. The minimum absolute atomic E-state index is 0.374. The van der Waals surface area contributed by atoms with Gasteiger partial charge in [0.25, 0.3) is 0 Å². The van der Waals surface area contributed by atoms with Crippen LogP contribution in [0.1, 0.15) is 17.0 Å². The van der Waals surface area contributed by atoms with Crippen molar-refractivity contribution in [3.63, 3.8) is 0 Å². The molecule has 0 bridgehead atoms. The van der Waals surface area contributed by atoms with Gasteiger partial charge in [-0.2, -0.15) is 0 Å². The van der Waals surface area contributed by atoms with Crippen LogP contribution < -0.4 is 4.74 Å². The maximum absolute atomic E-state index is 4.96. The van der Waals surface area contributed by atoms with E-state index in [1.165, 1.54) is 0 Å². The molecule has 6 nitrogen and oxygen atoms in total. The van der Waals surface area contributed by atoms with Gasteiger partial charge in [-0.3, -0.25) is 9.39 Å². The van der Waals surface area contributed by atoms with Crippen LogP contribution in [0.25, 0.3) is 11.3 Å². The molecule has 3 aromatic heterocycles. The molecule has 0 aliphatic carbocycles. The molecule has 3 aromatic rings. The molecule has 0 saturated heterocycles. The third-order valence-electron chi connectivity index (χ3n) is 3.71. The van der Waals surface area contributed by atoms with Gasteiger partial charge in [-0.05, 0) is 37.6 Å². The molecule has 0 saturated carbocycles. The smallest absolute Gasteiger partial charge is 0.316 e. The Morgan fingerprint density at radius 2 is 2.12 bits per heavy atom. The first kappa shape index (κ1) is 18.5. The Morgan fingerprint density at radius 3 is 2.81 bits per heavy atom. The molecule has 0 aromatic carbocycles. The molecule has 0 radical (unpaired) electrons. The zero-order valence-corrected chi connectivity index (χ0v) is 16.5. The van der Waals surface area contributed by atoms with Crippen LogP contribution in [0, 0.1) is 13.8 Å². The Labute approximate surface area is 160 Å². The molecular formula is C18H19N5OS2. The van der Waals surface area contributed by atoms with Crippen molar-refractivity contribution in [3.05, 3.63) is 53.1 Å². The Morgan fingerprint density at radius 1 is 1.35 bits per heavy atom. The largest absolute Gasteiger partial charge is 0.467 e. The summed E-state index contributed by atoms with van der Waals surface area (Å²) in [5.41, 5.74) is 4.81. The number of nitrogens with zero attached hydrogens (tertiary/aromatic N) is 5. The summed E-state index contributed by atoms with van der Waals surface area (Å²) in [5.74, 6) is 0. The van der Waals surface area contributed by atoms with E-state index in [2.05, 4.69) is 44.1 Å². The first-order chi connectivity index (χ1) is 12.6. The molecule has 134 valence electrons. The maximum Gasteiger partial charge on any atom is 0.316 e. The van der Waals surface area contributed by atoms with E-state index in [0.29, 0.717) is 6.01 Å². The van der Waals surface area contributed by atoms with E-state index in [-0.39, 0.29) is 0 Å². The van der Waals surface area contributed by atoms with Crippen LogP contribution >= 0.6 is 23.5 Å². The summed E-state index contributed by atoms with van der Waals surface area (Å²) in [6, 6.07) is 4.44. The average molecular weight is 386 g/mol. The highest BCUT2D eigenvalue weighted by molar-refractivity contribution is 8.17. The number of ether oxygens (including phenoxy) is 1. The molecule has 0 atom stereocenters. The van der Waals surface area contributed by atoms with Crippen molar-refractivity contribution >= 4 is 41.6 Å². The van der Waals surface area contributed by atoms with Crippen molar-refractivity contribution in [3.8, 4) is 6.01 Å². The van der Waals surface area contributed by atoms with Crippen molar-refractivity contribution < 1.29 is 4.74 Å². The number of aromatic nitrogens is 4. The van der Waals surface area contributed by atoms with Gasteiger partial charge in [0.15, 0.2) is 0 Å². The van der Waals surface area contributed by atoms with E-state index in [0.717, 1.165) is 38.3 Å². The molecule has 26 heavy (non-hydrogen) atoms. The average Bonchev–Trinajstić information content (AvgIpc) is 3.00. The topological polar surface area (TPSA) is 64.7 Å². The second kappa shape index (κ2) is 8.37. The van der Waals surface area contributed by atoms with Crippen molar-refractivity contribution in [1.29, 1.82) is 0 Å². The van der Waals surface area contributed by atoms with Crippen molar-refractivity contribution in [1.82, 2.24) is 19.4 Å². The number of hydrogen-bond donors (Lipinski definition) is 0. The van der Waals surface area contributed by atoms with Crippen LogP contribution in [0.15, 0.2) is 46.0 Å². The van der Waals surface area contributed by atoms with Crippen LogP contribution in [0.4, 0.5) is 0 Å². The van der Waals surface area contributed by atoms with Crippen LogP contribution in [-0.2, 0) is 0 Å². The van der Waals surface area contributed by atoms with Crippen LogP contribution in [0.5, 0.6) is 6.01 Å². The number of pyridine rings is 1.